The van der Waals surface area contributed by atoms with Crippen molar-refractivity contribution in [2.24, 2.45) is 0 Å². The predicted octanol–water partition coefficient (Wildman–Crippen LogP) is 3.27. The Morgan fingerprint density at radius 3 is 2.42 bits per heavy atom. The summed E-state index contributed by atoms with van der Waals surface area (Å²) in [6.45, 7) is 4.39. The summed E-state index contributed by atoms with van der Waals surface area (Å²) in [6, 6.07) is 0. The highest BCUT2D eigenvalue weighted by Crippen LogP contribution is 2.46. The van der Waals surface area contributed by atoms with Crippen LogP contribution >= 0.6 is 15.1 Å². The third-order valence-electron chi connectivity index (χ3n) is 2.59. The lowest BCUT2D eigenvalue weighted by Crippen LogP contribution is -1.93. The lowest BCUT2D eigenvalue weighted by molar-refractivity contribution is 0.576. The van der Waals surface area contributed by atoms with Crippen molar-refractivity contribution < 1.29 is 4.57 Å². The second-order valence-corrected chi connectivity index (χ2v) is 10.2. The van der Waals surface area contributed by atoms with Gasteiger partial charge < -0.3 is 4.57 Å². The minimum absolute atomic E-state index is 0.285. The van der Waals surface area contributed by atoms with Gasteiger partial charge in [-0.2, -0.15) is 0 Å². The maximum atomic E-state index is 11.9. The van der Waals surface area contributed by atoms with Crippen molar-refractivity contribution in [2.75, 3.05) is 38.0 Å². The number of rotatable bonds is 0. The normalized spacial score (nSPS) is 39.7. The molecule has 0 aliphatic carbocycles. The summed E-state index contributed by atoms with van der Waals surface area (Å²) >= 11 is 0. The Balaban J connectivity index is 2.43. The molecule has 0 aromatic carbocycles. The fraction of sp³-hybridized carbons (Fsp3) is 1.00. The molecule has 12 heavy (non-hydrogen) atoms. The average Bonchev–Trinajstić information content (AvgIpc) is 2.02. The highest BCUT2D eigenvalue weighted by atomic mass is 31.2. The van der Waals surface area contributed by atoms with Gasteiger partial charge in [0.25, 0.3) is 0 Å². The lowest BCUT2D eigenvalue weighted by atomic mass is 10.4. The molecule has 72 valence electrons. The first-order valence-corrected chi connectivity index (χ1v) is 9.53. The van der Waals surface area contributed by atoms with Gasteiger partial charge in [0.2, 0.25) is 0 Å². The van der Waals surface area contributed by atoms with Crippen molar-refractivity contribution in [2.45, 2.75) is 19.3 Å². The van der Waals surface area contributed by atoms with Crippen molar-refractivity contribution >= 4 is 15.1 Å². The molecule has 1 fully saturated rings. The minimum atomic E-state index is -1.70. The maximum absolute atomic E-state index is 11.9. The molecule has 0 saturated carbocycles. The van der Waals surface area contributed by atoms with E-state index in [1.807, 2.05) is 6.66 Å². The molecule has 0 aromatic heterocycles. The molecule has 0 aromatic rings. The molecule has 0 unspecified atom stereocenters. The summed E-state index contributed by atoms with van der Waals surface area (Å²) in [5, 5.41) is 0. The van der Waals surface area contributed by atoms with E-state index in [1.54, 1.807) is 0 Å². The first-order valence-electron chi connectivity index (χ1n) is 4.84. The summed E-state index contributed by atoms with van der Waals surface area (Å²) in [6.07, 6.45) is 8.54. The van der Waals surface area contributed by atoms with Gasteiger partial charge in [0.05, 0.1) is 7.14 Å². The van der Waals surface area contributed by atoms with E-state index >= 15 is 0 Å². The van der Waals surface area contributed by atoms with Gasteiger partial charge >= 0.3 is 0 Å². The summed E-state index contributed by atoms with van der Waals surface area (Å²) < 4.78 is 11.9. The first-order chi connectivity index (χ1) is 5.60. The van der Waals surface area contributed by atoms with E-state index in [4.69, 9.17) is 0 Å². The van der Waals surface area contributed by atoms with E-state index in [2.05, 4.69) is 6.66 Å². The molecular weight excluding hydrogens is 186 g/mol. The van der Waals surface area contributed by atoms with Crippen LogP contribution < -0.4 is 0 Å². The molecule has 1 heterocycles. The standard InChI is InChI=1S/C9H20OP2/c1-11-6-3-4-8-12(2,10)9-5-7-11/h3-9H2,1-2H3/t11-,12-/m1/s1. The Morgan fingerprint density at radius 2 is 1.67 bits per heavy atom. The van der Waals surface area contributed by atoms with Crippen molar-refractivity contribution in [3.63, 3.8) is 0 Å². The molecule has 1 saturated heterocycles. The molecule has 0 N–H and O–H groups in total. The largest absolute Gasteiger partial charge is 0.324 e. The molecule has 1 aliphatic rings. The van der Waals surface area contributed by atoms with E-state index in [-0.39, 0.29) is 7.92 Å². The zero-order valence-electron chi connectivity index (χ0n) is 8.25. The van der Waals surface area contributed by atoms with E-state index in [9.17, 15) is 4.57 Å². The van der Waals surface area contributed by atoms with Gasteiger partial charge in [0.1, 0.15) is 0 Å². The molecular formula is C9H20OP2. The van der Waals surface area contributed by atoms with Crippen LogP contribution in [-0.4, -0.2) is 38.0 Å². The van der Waals surface area contributed by atoms with Gasteiger partial charge in [0, 0.05) is 12.3 Å². The SMILES string of the molecule is C[P@]1CCCC[P@@](C)(=O)CCC1. The van der Waals surface area contributed by atoms with Crippen LogP contribution in [0.5, 0.6) is 0 Å². The molecule has 2 atom stereocenters. The predicted molar refractivity (Wildman–Crippen MR) is 59.7 cm³/mol. The monoisotopic (exact) mass is 206 g/mol. The van der Waals surface area contributed by atoms with Crippen LogP contribution in [0.4, 0.5) is 0 Å². The van der Waals surface area contributed by atoms with Crippen LogP contribution in [0.2, 0.25) is 0 Å². The third-order valence-corrected chi connectivity index (χ3v) is 7.28. The van der Waals surface area contributed by atoms with Gasteiger partial charge in [-0.05, 0) is 44.9 Å². The van der Waals surface area contributed by atoms with Gasteiger partial charge in [-0.3, -0.25) is 0 Å². The van der Waals surface area contributed by atoms with Crippen LogP contribution in [0.25, 0.3) is 0 Å². The quantitative estimate of drug-likeness (QED) is 0.556. The van der Waals surface area contributed by atoms with Crippen molar-refractivity contribution in [1.82, 2.24) is 0 Å². The van der Waals surface area contributed by atoms with Crippen LogP contribution in [0, 0.1) is 0 Å². The Morgan fingerprint density at radius 1 is 1.08 bits per heavy atom. The maximum Gasteiger partial charge on any atom is 0.0848 e. The summed E-state index contributed by atoms with van der Waals surface area (Å²) in [7, 11) is -1.42. The van der Waals surface area contributed by atoms with E-state index < -0.39 is 7.14 Å². The molecule has 0 radical (unpaired) electrons. The average molecular weight is 206 g/mol. The first kappa shape index (κ1) is 10.7. The van der Waals surface area contributed by atoms with Crippen LogP contribution in [0.15, 0.2) is 0 Å². The Bertz CT molecular complexity index is 179. The number of hydrogen-bond donors (Lipinski definition) is 0. The van der Waals surface area contributed by atoms with Crippen LogP contribution in [-0.2, 0) is 4.57 Å². The van der Waals surface area contributed by atoms with Crippen molar-refractivity contribution in [3.8, 4) is 0 Å². The zero-order chi connectivity index (χ0) is 9.03. The van der Waals surface area contributed by atoms with Crippen molar-refractivity contribution in [3.05, 3.63) is 0 Å². The summed E-state index contributed by atoms with van der Waals surface area (Å²) in [5.41, 5.74) is 0. The molecule has 1 nitrogen and oxygen atoms in total. The van der Waals surface area contributed by atoms with Gasteiger partial charge in [-0.1, -0.05) is 0 Å². The topological polar surface area (TPSA) is 17.1 Å². The van der Waals surface area contributed by atoms with E-state index in [0.29, 0.717) is 0 Å². The van der Waals surface area contributed by atoms with E-state index in [0.717, 1.165) is 12.3 Å². The van der Waals surface area contributed by atoms with Gasteiger partial charge in [-0.15, -0.1) is 7.92 Å². The number of hydrogen-bond acceptors (Lipinski definition) is 1. The van der Waals surface area contributed by atoms with Crippen LogP contribution in [0.3, 0.4) is 0 Å². The Labute approximate surface area is 77.4 Å². The van der Waals surface area contributed by atoms with Gasteiger partial charge in [0.15, 0.2) is 0 Å². The minimum Gasteiger partial charge on any atom is -0.324 e. The Kier molecular flexibility index (Phi) is 4.27. The van der Waals surface area contributed by atoms with Crippen LogP contribution in [0.1, 0.15) is 19.3 Å². The zero-order valence-corrected chi connectivity index (χ0v) is 10.0. The highest BCUT2D eigenvalue weighted by Gasteiger charge is 2.16. The lowest BCUT2D eigenvalue weighted by Gasteiger charge is -2.10. The molecule has 0 amide bonds. The summed E-state index contributed by atoms with van der Waals surface area (Å²) in [5.74, 6) is 0. The highest BCUT2D eigenvalue weighted by molar-refractivity contribution is 7.63. The smallest absolute Gasteiger partial charge is 0.0848 e. The Hall–Kier alpha value is 0.660. The molecule has 3 heteroatoms. The second-order valence-electron chi connectivity index (χ2n) is 4.11. The molecule has 0 spiro atoms. The second kappa shape index (κ2) is 4.77. The fourth-order valence-corrected chi connectivity index (χ4v) is 5.60. The van der Waals surface area contributed by atoms with Gasteiger partial charge in [-0.25, -0.2) is 0 Å². The van der Waals surface area contributed by atoms with E-state index in [1.165, 1.54) is 31.6 Å². The van der Waals surface area contributed by atoms with Crippen molar-refractivity contribution in [1.29, 1.82) is 0 Å². The third kappa shape index (κ3) is 4.06. The summed E-state index contributed by atoms with van der Waals surface area (Å²) in [4.78, 5) is 0. The molecule has 0 bridgehead atoms. The molecule has 1 aliphatic heterocycles. The fourth-order valence-electron chi connectivity index (χ4n) is 1.73. The molecule has 1 rings (SSSR count).